The zero-order valence-corrected chi connectivity index (χ0v) is 13.5. The Morgan fingerprint density at radius 2 is 2.20 bits per heavy atom. The van der Waals surface area contributed by atoms with Crippen molar-refractivity contribution < 1.29 is 13.2 Å². The maximum absolute atomic E-state index is 12.6. The molecule has 20 heavy (non-hydrogen) atoms. The Labute approximate surface area is 123 Å². The van der Waals surface area contributed by atoms with Crippen molar-refractivity contribution in [1.29, 1.82) is 0 Å². The first-order valence-electron chi connectivity index (χ1n) is 6.56. The average molecular weight is 317 g/mol. The maximum Gasteiger partial charge on any atom is 0.254 e. The number of piperidine rings is 1. The highest BCUT2D eigenvalue weighted by Gasteiger charge is 2.32. The highest BCUT2D eigenvalue weighted by molar-refractivity contribution is 7.91. The summed E-state index contributed by atoms with van der Waals surface area (Å²) >= 11 is 1.02. The summed E-state index contributed by atoms with van der Waals surface area (Å²) in [5.74, 6) is 0.121. The Morgan fingerprint density at radius 3 is 2.80 bits per heavy atom. The number of rotatable bonds is 3. The van der Waals surface area contributed by atoms with Crippen molar-refractivity contribution in [3.8, 4) is 0 Å². The second-order valence-corrected chi connectivity index (χ2v) is 8.32. The van der Waals surface area contributed by atoms with Crippen LogP contribution in [-0.2, 0) is 14.8 Å². The van der Waals surface area contributed by atoms with Gasteiger partial charge in [0.1, 0.15) is 0 Å². The molecule has 1 amide bonds. The van der Waals surface area contributed by atoms with E-state index in [1.165, 1.54) is 11.2 Å². The number of carbonyl (C=O) groups excluding carboxylic acids is 1. The zero-order valence-electron chi connectivity index (χ0n) is 11.8. The van der Waals surface area contributed by atoms with Crippen molar-refractivity contribution in [3.63, 3.8) is 0 Å². The van der Waals surface area contributed by atoms with Gasteiger partial charge in [0.25, 0.3) is 10.0 Å². The standard InChI is InChI=1S/C12H19N3O3S2/c1-8-5-4-6-15(7-8)20(17,18)11-9(2)13-12(19-11)14-10(3)16/h8H,4-7H2,1-3H3,(H,13,14,16)/t8-/m1/s1. The van der Waals surface area contributed by atoms with Crippen LogP contribution in [0.3, 0.4) is 0 Å². The molecule has 112 valence electrons. The molecule has 2 heterocycles. The molecule has 1 saturated heterocycles. The first kappa shape index (κ1) is 15.4. The molecule has 0 saturated carbocycles. The minimum absolute atomic E-state index is 0.232. The summed E-state index contributed by atoms with van der Waals surface area (Å²) in [5, 5.41) is 2.87. The van der Waals surface area contributed by atoms with Crippen LogP contribution < -0.4 is 5.32 Å². The minimum atomic E-state index is -3.50. The van der Waals surface area contributed by atoms with Gasteiger partial charge in [0.2, 0.25) is 5.91 Å². The zero-order chi connectivity index (χ0) is 14.9. The molecular formula is C12H19N3O3S2. The summed E-state index contributed by atoms with van der Waals surface area (Å²) in [6, 6.07) is 0. The highest BCUT2D eigenvalue weighted by Crippen LogP contribution is 2.31. The monoisotopic (exact) mass is 317 g/mol. The lowest BCUT2D eigenvalue weighted by atomic mass is 10.0. The van der Waals surface area contributed by atoms with Crippen molar-refractivity contribution in [2.24, 2.45) is 5.92 Å². The quantitative estimate of drug-likeness (QED) is 0.922. The van der Waals surface area contributed by atoms with Crippen LogP contribution in [0.15, 0.2) is 4.21 Å². The van der Waals surface area contributed by atoms with Gasteiger partial charge in [-0.3, -0.25) is 4.79 Å². The van der Waals surface area contributed by atoms with Gasteiger partial charge in [-0.2, -0.15) is 4.31 Å². The molecule has 1 atom stereocenters. The molecule has 0 aliphatic carbocycles. The summed E-state index contributed by atoms with van der Waals surface area (Å²) in [6.07, 6.45) is 1.95. The van der Waals surface area contributed by atoms with E-state index in [-0.39, 0.29) is 10.1 Å². The van der Waals surface area contributed by atoms with E-state index in [0.29, 0.717) is 29.8 Å². The van der Waals surface area contributed by atoms with Crippen molar-refractivity contribution >= 4 is 32.4 Å². The Bertz CT molecular complexity index is 609. The highest BCUT2D eigenvalue weighted by atomic mass is 32.2. The number of thiazole rings is 1. The number of sulfonamides is 1. The summed E-state index contributed by atoms with van der Waals surface area (Å²) < 4.78 is 27.0. The van der Waals surface area contributed by atoms with Crippen LogP contribution in [0.2, 0.25) is 0 Å². The van der Waals surface area contributed by atoms with Gasteiger partial charge in [-0.1, -0.05) is 18.3 Å². The number of anilines is 1. The summed E-state index contributed by atoms with van der Waals surface area (Å²) in [6.45, 7) is 6.19. The van der Waals surface area contributed by atoms with Crippen molar-refractivity contribution in [2.45, 2.75) is 37.8 Å². The van der Waals surface area contributed by atoms with E-state index in [2.05, 4.69) is 17.2 Å². The lowest BCUT2D eigenvalue weighted by molar-refractivity contribution is -0.114. The van der Waals surface area contributed by atoms with Gasteiger partial charge in [0.15, 0.2) is 9.34 Å². The van der Waals surface area contributed by atoms with Crippen molar-refractivity contribution in [1.82, 2.24) is 9.29 Å². The lowest BCUT2D eigenvalue weighted by Gasteiger charge is -2.29. The van der Waals surface area contributed by atoms with E-state index in [9.17, 15) is 13.2 Å². The van der Waals surface area contributed by atoms with Crippen LogP contribution in [0.1, 0.15) is 32.4 Å². The van der Waals surface area contributed by atoms with E-state index in [0.717, 1.165) is 24.2 Å². The third-order valence-electron chi connectivity index (χ3n) is 3.23. The SMILES string of the molecule is CC(=O)Nc1nc(C)c(S(=O)(=O)N2CCC[C@@H](C)C2)s1. The normalized spacial score (nSPS) is 20.9. The summed E-state index contributed by atoms with van der Waals surface area (Å²) in [4.78, 5) is 15.1. The molecule has 1 aromatic rings. The predicted octanol–water partition coefficient (Wildman–Crippen LogP) is 1.83. The number of aromatic nitrogens is 1. The predicted molar refractivity (Wildman–Crippen MR) is 78.3 cm³/mol. The number of hydrogen-bond donors (Lipinski definition) is 1. The van der Waals surface area contributed by atoms with Gasteiger partial charge in [0, 0.05) is 20.0 Å². The topological polar surface area (TPSA) is 79.4 Å². The number of aryl methyl sites for hydroxylation is 1. The summed E-state index contributed by atoms with van der Waals surface area (Å²) in [7, 11) is -3.50. The molecule has 0 unspecified atom stereocenters. The molecule has 1 aliphatic rings. The van der Waals surface area contributed by atoms with Gasteiger partial charge in [0.05, 0.1) is 5.69 Å². The Kier molecular flexibility index (Phi) is 4.46. The summed E-state index contributed by atoms with van der Waals surface area (Å²) in [5.41, 5.74) is 0.442. The van der Waals surface area contributed by atoms with E-state index < -0.39 is 10.0 Å². The molecule has 0 radical (unpaired) electrons. The van der Waals surface area contributed by atoms with Gasteiger partial charge in [-0.15, -0.1) is 0 Å². The first-order valence-corrected chi connectivity index (χ1v) is 8.81. The number of amides is 1. The molecule has 1 aliphatic heterocycles. The second-order valence-electron chi connectivity index (χ2n) is 5.18. The molecular weight excluding hydrogens is 298 g/mol. The van der Waals surface area contributed by atoms with Crippen molar-refractivity contribution in [2.75, 3.05) is 18.4 Å². The third kappa shape index (κ3) is 3.18. The van der Waals surface area contributed by atoms with Crippen LogP contribution in [-0.4, -0.2) is 36.7 Å². The van der Waals surface area contributed by atoms with E-state index in [1.807, 2.05) is 0 Å². The maximum atomic E-state index is 12.6. The molecule has 0 bridgehead atoms. The Hall–Kier alpha value is -0.990. The molecule has 1 N–H and O–H groups in total. The lowest BCUT2D eigenvalue weighted by Crippen LogP contribution is -2.38. The Morgan fingerprint density at radius 1 is 1.50 bits per heavy atom. The number of hydrogen-bond acceptors (Lipinski definition) is 5. The van der Waals surface area contributed by atoms with Gasteiger partial charge in [-0.05, 0) is 25.7 Å². The fourth-order valence-electron chi connectivity index (χ4n) is 2.31. The third-order valence-corrected chi connectivity index (χ3v) is 6.76. The van der Waals surface area contributed by atoms with Crippen LogP contribution in [0.5, 0.6) is 0 Å². The molecule has 8 heteroatoms. The van der Waals surface area contributed by atoms with Gasteiger partial charge < -0.3 is 5.32 Å². The second kappa shape index (κ2) is 5.79. The van der Waals surface area contributed by atoms with E-state index >= 15 is 0 Å². The van der Waals surface area contributed by atoms with Crippen LogP contribution in [0.25, 0.3) is 0 Å². The van der Waals surface area contributed by atoms with Crippen LogP contribution in [0.4, 0.5) is 5.13 Å². The molecule has 0 aromatic carbocycles. The van der Waals surface area contributed by atoms with E-state index in [4.69, 9.17) is 0 Å². The Balaban J connectivity index is 2.29. The van der Waals surface area contributed by atoms with E-state index in [1.54, 1.807) is 6.92 Å². The molecule has 0 spiro atoms. The molecule has 1 aromatic heterocycles. The first-order chi connectivity index (χ1) is 9.30. The fraction of sp³-hybridized carbons (Fsp3) is 0.667. The van der Waals surface area contributed by atoms with Crippen molar-refractivity contribution in [3.05, 3.63) is 5.69 Å². The number of carbonyl (C=O) groups is 1. The fourth-order valence-corrected chi connectivity index (χ4v) is 5.50. The smallest absolute Gasteiger partial charge is 0.254 e. The molecule has 1 fully saturated rings. The number of nitrogens with one attached hydrogen (secondary N) is 1. The van der Waals surface area contributed by atoms with Crippen LogP contribution >= 0.6 is 11.3 Å². The molecule has 6 nitrogen and oxygen atoms in total. The van der Waals surface area contributed by atoms with Crippen LogP contribution in [0, 0.1) is 12.8 Å². The molecule has 2 rings (SSSR count). The number of nitrogens with zero attached hydrogens (tertiary/aromatic N) is 2. The van der Waals surface area contributed by atoms with Gasteiger partial charge >= 0.3 is 0 Å². The van der Waals surface area contributed by atoms with Gasteiger partial charge in [-0.25, -0.2) is 13.4 Å². The average Bonchev–Trinajstić information content (AvgIpc) is 2.70. The largest absolute Gasteiger partial charge is 0.302 e. The minimum Gasteiger partial charge on any atom is -0.302 e.